The molecule has 8 heteroatoms. The zero-order valence-electron chi connectivity index (χ0n) is 10.3. The van der Waals surface area contributed by atoms with Crippen LogP contribution in [-0.2, 0) is 16.9 Å². The molecule has 0 fully saturated rings. The van der Waals surface area contributed by atoms with Crippen molar-refractivity contribution in [2.45, 2.75) is 6.42 Å². The molecule has 0 saturated heterocycles. The van der Waals surface area contributed by atoms with Crippen molar-refractivity contribution in [1.29, 1.82) is 0 Å². The second-order valence-electron chi connectivity index (χ2n) is 4.14. The molecule has 0 radical (unpaired) electrons. The number of hydrogen-bond donors (Lipinski definition) is 1. The van der Waals surface area contributed by atoms with E-state index in [1.807, 2.05) is 7.05 Å². The summed E-state index contributed by atoms with van der Waals surface area (Å²) in [7, 11) is -1.10. The minimum absolute atomic E-state index is 0.168. The van der Waals surface area contributed by atoms with Crippen molar-refractivity contribution in [3.63, 3.8) is 0 Å². The molecule has 2 rings (SSSR count). The van der Waals surface area contributed by atoms with Gasteiger partial charge in [-0.25, -0.2) is 18.4 Å². The maximum atomic E-state index is 11.0. The molecule has 2 heterocycles. The molecule has 2 aromatic heterocycles. The minimum Gasteiger partial charge on any atom is -0.369 e. The monoisotopic (exact) mass is 269 g/mol. The molecule has 0 aliphatic rings. The van der Waals surface area contributed by atoms with E-state index in [2.05, 4.69) is 20.4 Å². The fraction of sp³-hybridized carbons (Fsp3) is 0.500. The van der Waals surface area contributed by atoms with Gasteiger partial charge >= 0.3 is 0 Å². The van der Waals surface area contributed by atoms with E-state index in [9.17, 15) is 8.42 Å². The highest BCUT2D eigenvalue weighted by atomic mass is 32.2. The van der Waals surface area contributed by atoms with Crippen LogP contribution in [-0.4, -0.2) is 46.7 Å². The fourth-order valence-electron chi connectivity index (χ4n) is 1.64. The van der Waals surface area contributed by atoms with Gasteiger partial charge in [0.05, 0.1) is 17.3 Å². The third-order valence-electron chi connectivity index (χ3n) is 2.51. The molecule has 1 N–H and O–H groups in total. The van der Waals surface area contributed by atoms with Crippen LogP contribution in [0.2, 0.25) is 0 Å². The number of hydrogen-bond acceptors (Lipinski definition) is 6. The highest BCUT2D eigenvalue weighted by molar-refractivity contribution is 7.90. The van der Waals surface area contributed by atoms with Crippen molar-refractivity contribution in [2.24, 2.45) is 7.05 Å². The Hall–Kier alpha value is -1.70. The second kappa shape index (κ2) is 4.89. The predicted octanol–water partition coefficient (Wildman–Crippen LogP) is 0.210. The summed E-state index contributed by atoms with van der Waals surface area (Å²) in [5.41, 5.74) is 0.746. The Kier molecular flexibility index (Phi) is 3.46. The lowest BCUT2D eigenvalue weighted by atomic mass is 10.4. The number of aryl methyl sites for hydroxylation is 1. The third-order valence-corrected chi connectivity index (χ3v) is 3.54. The van der Waals surface area contributed by atoms with E-state index in [1.165, 1.54) is 12.6 Å². The Bertz CT molecular complexity index is 649. The van der Waals surface area contributed by atoms with Crippen molar-refractivity contribution in [1.82, 2.24) is 19.7 Å². The largest absolute Gasteiger partial charge is 0.369 e. The topological polar surface area (TPSA) is 89.8 Å². The van der Waals surface area contributed by atoms with Crippen LogP contribution in [0.4, 0.5) is 5.82 Å². The first-order valence-electron chi connectivity index (χ1n) is 5.52. The highest BCUT2D eigenvalue weighted by Gasteiger charge is 2.07. The smallest absolute Gasteiger partial charge is 0.163 e. The maximum absolute atomic E-state index is 11.0. The van der Waals surface area contributed by atoms with Crippen molar-refractivity contribution in [3.05, 3.63) is 12.5 Å². The normalized spacial score (nSPS) is 11.9. The first-order valence-corrected chi connectivity index (χ1v) is 7.58. The molecular formula is C10H15N5O2S. The Morgan fingerprint density at radius 2 is 2.17 bits per heavy atom. The Balaban J connectivity index is 2.04. The molecule has 0 aromatic carbocycles. The zero-order valence-corrected chi connectivity index (χ0v) is 11.1. The summed E-state index contributed by atoms with van der Waals surface area (Å²) in [6, 6.07) is 0. The number of nitrogens with zero attached hydrogens (tertiary/aromatic N) is 4. The Labute approximate surface area is 105 Å². The van der Waals surface area contributed by atoms with Gasteiger partial charge in [0.1, 0.15) is 22.0 Å². The first-order chi connectivity index (χ1) is 8.47. The van der Waals surface area contributed by atoms with Crippen LogP contribution >= 0.6 is 0 Å². The van der Waals surface area contributed by atoms with E-state index < -0.39 is 9.84 Å². The van der Waals surface area contributed by atoms with Gasteiger partial charge in [-0.05, 0) is 6.42 Å². The fourth-order valence-corrected chi connectivity index (χ4v) is 2.31. The zero-order chi connectivity index (χ0) is 13.2. The van der Waals surface area contributed by atoms with Gasteiger partial charge in [-0.3, -0.25) is 4.68 Å². The van der Waals surface area contributed by atoms with E-state index in [0.29, 0.717) is 18.8 Å². The van der Waals surface area contributed by atoms with Gasteiger partial charge in [-0.1, -0.05) is 0 Å². The summed E-state index contributed by atoms with van der Waals surface area (Å²) in [5.74, 6) is 0.850. The quantitative estimate of drug-likeness (QED) is 0.780. The summed E-state index contributed by atoms with van der Waals surface area (Å²) < 4.78 is 23.6. The van der Waals surface area contributed by atoms with Gasteiger partial charge in [0, 0.05) is 19.8 Å². The van der Waals surface area contributed by atoms with Crippen LogP contribution < -0.4 is 5.32 Å². The Morgan fingerprint density at radius 3 is 2.89 bits per heavy atom. The molecule has 0 aliphatic carbocycles. The molecule has 0 atom stereocenters. The lowest BCUT2D eigenvalue weighted by Crippen LogP contribution is -2.10. The number of sulfone groups is 1. The average Bonchev–Trinajstić information content (AvgIpc) is 2.67. The SMILES string of the molecule is Cn1ncc2c(NCCCS(C)(=O)=O)ncnc21. The van der Waals surface area contributed by atoms with Gasteiger partial charge < -0.3 is 5.32 Å². The summed E-state index contributed by atoms with van der Waals surface area (Å²) in [6.45, 7) is 0.550. The molecular weight excluding hydrogens is 254 g/mol. The first kappa shape index (κ1) is 12.7. The molecule has 0 bridgehead atoms. The summed E-state index contributed by atoms with van der Waals surface area (Å²) in [6.07, 6.45) is 4.93. The number of anilines is 1. The van der Waals surface area contributed by atoms with Gasteiger partial charge in [-0.15, -0.1) is 0 Å². The second-order valence-corrected chi connectivity index (χ2v) is 6.40. The number of nitrogens with one attached hydrogen (secondary N) is 1. The highest BCUT2D eigenvalue weighted by Crippen LogP contribution is 2.17. The summed E-state index contributed by atoms with van der Waals surface area (Å²) in [4.78, 5) is 8.25. The number of rotatable bonds is 5. The molecule has 18 heavy (non-hydrogen) atoms. The van der Waals surface area contributed by atoms with Gasteiger partial charge in [0.15, 0.2) is 5.65 Å². The van der Waals surface area contributed by atoms with Crippen LogP contribution in [0.3, 0.4) is 0 Å². The van der Waals surface area contributed by atoms with Crippen molar-refractivity contribution in [2.75, 3.05) is 23.9 Å². The summed E-state index contributed by atoms with van der Waals surface area (Å²) >= 11 is 0. The Morgan fingerprint density at radius 1 is 1.39 bits per heavy atom. The van der Waals surface area contributed by atoms with Crippen molar-refractivity contribution < 1.29 is 8.42 Å². The molecule has 0 aliphatic heterocycles. The molecule has 0 amide bonds. The maximum Gasteiger partial charge on any atom is 0.163 e. The molecule has 2 aromatic rings. The van der Waals surface area contributed by atoms with Gasteiger partial charge in [0.2, 0.25) is 0 Å². The average molecular weight is 269 g/mol. The number of aromatic nitrogens is 4. The summed E-state index contributed by atoms with van der Waals surface area (Å²) in [5, 5.41) is 8.04. The molecule has 0 spiro atoms. The predicted molar refractivity (Wildman–Crippen MR) is 69.1 cm³/mol. The molecule has 98 valence electrons. The molecule has 0 saturated carbocycles. The van der Waals surface area contributed by atoms with Crippen LogP contribution in [0.1, 0.15) is 6.42 Å². The van der Waals surface area contributed by atoms with E-state index in [0.717, 1.165) is 11.0 Å². The lowest BCUT2D eigenvalue weighted by molar-refractivity contribution is 0.600. The molecule has 7 nitrogen and oxygen atoms in total. The standard InChI is InChI=1S/C10H15N5O2S/c1-15-10-8(6-14-15)9(12-7-13-10)11-4-3-5-18(2,16)17/h6-7H,3-5H2,1-2H3,(H,11,12,13). The molecule has 0 unspecified atom stereocenters. The van der Waals surface area contributed by atoms with E-state index in [1.54, 1.807) is 10.9 Å². The van der Waals surface area contributed by atoms with Crippen LogP contribution in [0, 0.1) is 0 Å². The minimum atomic E-state index is -2.91. The van der Waals surface area contributed by atoms with Gasteiger partial charge in [0.25, 0.3) is 0 Å². The third kappa shape index (κ3) is 2.95. The van der Waals surface area contributed by atoms with E-state index in [4.69, 9.17) is 0 Å². The van der Waals surface area contributed by atoms with Crippen LogP contribution in [0.25, 0.3) is 11.0 Å². The number of fused-ring (bicyclic) bond motifs is 1. The van der Waals surface area contributed by atoms with E-state index in [-0.39, 0.29) is 5.75 Å². The lowest BCUT2D eigenvalue weighted by Gasteiger charge is -2.05. The van der Waals surface area contributed by atoms with Crippen molar-refractivity contribution >= 4 is 26.7 Å². The van der Waals surface area contributed by atoms with Crippen molar-refractivity contribution in [3.8, 4) is 0 Å². The van der Waals surface area contributed by atoms with Crippen LogP contribution in [0.15, 0.2) is 12.5 Å². The van der Waals surface area contributed by atoms with Crippen LogP contribution in [0.5, 0.6) is 0 Å². The van der Waals surface area contributed by atoms with Gasteiger partial charge in [-0.2, -0.15) is 5.10 Å². The van der Waals surface area contributed by atoms with E-state index >= 15 is 0 Å².